The SMILES string of the molecule is Cc1cccc(NC(N)=NCc2noc3c2CCCC3)c1. The van der Waals surface area contributed by atoms with Gasteiger partial charge in [-0.1, -0.05) is 17.3 Å². The first-order chi connectivity index (χ1) is 10.2. The number of benzene rings is 1. The fraction of sp³-hybridized carbons (Fsp3) is 0.375. The summed E-state index contributed by atoms with van der Waals surface area (Å²) in [5.41, 5.74) is 10.2. The van der Waals surface area contributed by atoms with Crippen molar-refractivity contribution in [3.8, 4) is 0 Å². The zero-order valence-corrected chi connectivity index (χ0v) is 12.2. The minimum absolute atomic E-state index is 0.396. The Morgan fingerprint density at radius 3 is 3.10 bits per heavy atom. The van der Waals surface area contributed by atoms with Crippen LogP contribution in [0.2, 0.25) is 0 Å². The molecular weight excluding hydrogens is 264 g/mol. The van der Waals surface area contributed by atoms with Gasteiger partial charge in [0.1, 0.15) is 11.5 Å². The van der Waals surface area contributed by atoms with Gasteiger partial charge in [0.2, 0.25) is 0 Å². The zero-order valence-electron chi connectivity index (χ0n) is 12.2. The van der Waals surface area contributed by atoms with Crippen molar-refractivity contribution in [2.24, 2.45) is 10.7 Å². The third-order valence-corrected chi connectivity index (χ3v) is 3.72. The molecule has 0 saturated carbocycles. The number of aromatic nitrogens is 1. The first-order valence-electron chi connectivity index (χ1n) is 7.32. The molecule has 5 heteroatoms. The average Bonchev–Trinajstić information content (AvgIpc) is 2.88. The van der Waals surface area contributed by atoms with E-state index in [0.29, 0.717) is 12.5 Å². The highest BCUT2D eigenvalue weighted by Crippen LogP contribution is 2.24. The van der Waals surface area contributed by atoms with Crippen LogP contribution in [0.25, 0.3) is 0 Å². The number of aliphatic imine (C=N–C) groups is 1. The smallest absolute Gasteiger partial charge is 0.193 e. The molecule has 1 aliphatic carbocycles. The van der Waals surface area contributed by atoms with E-state index in [-0.39, 0.29) is 0 Å². The maximum atomic E-state index is 5.93. The van der Waals surface area contributed by atoms with Crippen molar-refractivity contribution in [1.29, 1.82) is 0 Å². The number of guanidine groups is 1. The van der Waals surface area contributed by atoms with Crippen LogP contribution in [0.15, 0.2) is 33.8 Å². The number of nitrogens with one attached hydrogen (secondary N) is 1. The van der Waals surface area contributed by atoms with Crippen LogP contribution in [0.1, 0.15) is 35.4 Å². The molecule has 5 nitrogen and oxygen atoms in total. The summed E-state index contributed by atoms with van der Waals surface area (Å²) in [5, 5.41) is 7.22. The summed E-state index contributed by atoms with van der Waals surface area (Å²) in [7, 11) is 0. The van der Waals surface area contributed by atoms with E-state index in [9.17, 15) is 0 Å². The molecule has 0 aliphatic heterocycles. The molecule has 0 radical (unpaired) electrons. The summed E-state index contributed by atoms with van der Waals surface area (Å²) >= 11 is 0. The average molecular weight is 284 g/mol. The van der Waals surface area contributed by atoms with Crippen molar-refractivity contribution >= 4 is 11.6 Å². The van der Waals surface area contributed by atoms with Crippen molar-refractivity contribution in [2.45, 2.75) is 39.2 Å². The minimum atomic E-state index is 0.396. The normalized spacial score (nSPS) is 14.8. The molecule has 0 saturated heterocycles. The van der Waals surface area contributed by atoms with Crippen molar-refractivity contribution in [2.75, 3.05) is 5.32 Å². The Morgan fingerprint density at radius 2 is 2.24 bits per heavy atom. The fourth-order valence-corrected chi connectivity index (χ4v) is 2.64. The van der Waals surface area contributed by atoms with Crippen LogP contribution in [-0.4, -0.2) is 11.1 Å². The molecule has 0 fully saturated rings. The van der Waals surface area contributed by atoms with Crippen LogP contribution >= 0.6 is 0 Å². The molecule has 0 atom stereocenters. The molecule has 3 rings (SSSR count). The summed E-state index contributed by atoms with van der Waals surface area (Å²) in [5.74, 6) is 1.42. The predicted octanol–water partition coefficient (Wildman–Crippen LogP) is 2.79. The van der Waals surface area contributed by atoms with E-state index < -0.39 is 0 Å². The minimum Gasteiger partial charge on any atom is -0.370 e. The fourth-order valence-electron chi connectivity index (χ4n) is 2.64. The third-order valence-electron chi connectivity index (χ3n) is 3.72. The second-order valence-electron chi connectivity index (χ2n) is 5.43. The van der Waals surface area contributed by atoms with Crippen molar-refractivity contribution in [1.82, 2.24) is 5.16 Å². The number of anilines is 1. The van der Waals surface area contributed by atoms with Gasteiger partial charge in [-0.2, -0.15) is 0 Å². The maximum Gasteiger partial charge on any atom is 0.193 e. The lowest BCUT2D eigenvalue weighted by Gasteiger charge is -2.09. The highest BCUT2D eigenvalue weighted by Gasteiger charge is 2.18. The quantitative estimate of drug-likeness (QED) is 0.671. The van der Waals surface area contributed by atoms with Gasteiger partial charge in [0, 0.05) is 17.7 Å². The topological polar surface area (TPSA) is 76.4 Å². The van der Waals surface area contributed by atoms with E-state index in [4.69, 9.17) is 10.3 Å². The number of nitrogens with two attached hydrogens (primary N) is 1. The van der Waals surface area contributed by atoms with E-state index >= 15 is 0 Å². The lowest BCUT2D eigenvalue weighted by Crippen LogP contribution is -2.22. The number of aryl methyl sites for hydroxylation is 2. The van der Waals surface area contributed by atoms with E-state index in [1.54, 1.807) is 0 Å². The highest BCUT2D eigenvalue weighted by atomic mass is 16.5. The maximum absolute atomic E-state index is 5.93. The number of rotatable bonds is 3. The summed E-state index contributed by atoms with van der Waals surface area (Å²) in [6, 6.07) is 8.02. The van der Waals surface area contributed by atoms with Crippen LogP contribution < -0.4 is 11.1 Å². The van der Waals surface area contributed by atoms with E-state index in [1.807, 2.05) is 31.2 Å². The van der Waals surface area contributed by atoms with Gasteiger partial charge in [-0.3, -0.25) is 0 Å². The van der Waals surface area contributed by atoms with Gasteiger partial charge in [-0.05, 0) is 43.9 Å². The largest absolute Gasteiger partial charge is 0.370 e. The molecule has 1 aromatic carbocycles. The Morgan fingerprint density at radius 1 is 1.38 bits per heavy atom. The first kappa shape index (κ1) is 13.7. The lowest BCUT2D eigenvalue weighted by molar-refractivity contribution is 0.368. The molecule has 2 aromatic rings. The predicted molar refractivity (Wildman–Crippen MR) is 83.3 cm³/mol. The van der Waals surface area contributed by atoms with Gasteiger partial charge in [0.05, 0.1) is 6.54 Å². The summed E-state index contributed by atoms with van der Waals surface area (Å²) in [4.78, 5) is 4.36. The first-order valence-corrected chi connectivity index (χ1v) is 7.32. The van der Waals surface area contributed by atoms with Gasteiger partial charge in [0.15, 0.2) is 5.96 Å². The monoisotopic (exact) mass is 284 g/mol. The molecule has 3 N–H and O–H groups in total. The number of hydrogen-bond acceptors (Lipinski definition) is 3. The second kappa shape index (κ2) is 5.99. The summed E-state index contributed by atoms with van der Waals surface area (Å²) in [6.07, 6.45) is 4.40. The van der Waals surface area contributed by atoms with Crippen molar-refractivity contribution in [3.05, 3.63) is 46.8 Å². The molecule has 0 spiro atoms. The van der Waals surface area contributed by atoms with Crippen LogP contribution in [0.4, 0.5) is 5.69 Å². The number of nitrogens with zero attached hydrogens (tertiary/aromatic N) is 2. The second-order valence-corrected chi connectivity index (χ2v) is 5.43. The Bertz CT molecular complexity index is 660. The van der Waals surface area contributed by atoms with Crippen molar-refractivity contribution < 1.29 is 4.52 Å². The Labute approximate surface area is 124 Å². The molecular formula is C16H20N4O. The molecule has 21 heavy (non-hydrogen) atoms. The van der Waals surface area contributed by atoms with Crippen LogP contribution in [0.3, 0.4) is 0 Å². The summed E-state index contributed by atoms with van der Waals surface area (Å²) in [6.45, 7) is 2.50. The van der Waals surface area contributed by atoms with Crippen LogP contribution in [-0.2, 0) is 19.4 Å². The van der Waals surface area contributed by atoms with Gasteiger partial charge in [-0.25, -0.2) is 4.99 Å². The Kier molecular flexibility index (Phi) is 3.90. The molecule has 0 bridgehead atoms. The lowest BCUT2D eigenvalue weighted by atomic mass is 9.96. The third kappa shape index (κ3) is 3.24. The zero-order chi connectivity index (χ0) is 14.7. The highest BCUT2D eigenvalue weighted by molar-refractivity contribution is 5.92. The van der Waals surface area contributed by atoms with E-state index in [1.165, 1.54) is 24.0 Å². The van der Waals surface area contributed by atoms with Gasteiger partial charge >= 0.3 is 0 Å². The van der Waals surface area contributed by atoms with E-state index in [0.717, 1.165) is 30.0 Å². The van der Waals surface area contributed by atoms with Gasteiger partial charge < -0.3 is 15.6 Å². The number of fused-ring (bicyclic) bond motifs is 1. The van der Waals surface area contributed by atoms with Crippen LogP contribution in [0.5, 0.6) is 0 Å². The molecule has 1 heterocycles. The number of hydrogen-bond donors (Lipinski definition) is 2. The van der Waals surface area contributed by atoms with Crippen LogP contribution in [0, 0.1) is 6.92 Å². The van der Waals surface area contributed by atoms with Gasteiger partial charge in [-0.15, -0.1) is 0 Å². The molecule has 1 aromatic heterocycles. The van der Waals surface area contributed by atoms with Crippen molar-refractivity contribution in [3.63, 3.8) is 0 Å². The standard InChI is InChI=1S/C16H20N4O/c1-11-5-4-6-12(9-11)19-16(17)18-10-14-13-7-2-3-8-15(13)21-20-14/h4-6,9H,2-3,7-8,10H2,1H3,(H3,17,18,19). The molecule has 110 valence electrons. The molecule has 1 aliphatic rings. The Hall–Kier alpha value is -2.30. The van der Waals surface area contributed by atoms with Gasteiger partial charge in [0.25, 0.3) is 0 Å². The molecule has 0 amide bonds. The van der Waals surface area contributed by atoms with E-state index in [2.05, 4.69) is 15.5 Å². The summed E-state index contributed by atoms with van der Waals surface area (Å²) < 4.78 is 5.37. The Balaban J connectivity index is 1.67. The molecule has 0 unspecified atom stereocenters.